The Labute approximate surface area is 113 Å². The Bertz CT molecular complexity index is 285. The molecule has 2 N–H and O–H groups in total. The SMILES string of the molecule is CC1(C)CCN(C2(CN)CCCCC2(C)C)CC1. The van der Waals surface area contributed by atoms with Gasteiger partial charge in [0.1, 0.15) is 0 Å². The Morgan fingerprint density at radius 3 is 1.94 bits per heavy atom. The first-order valence-corrected chi connectivity index (χ1v) is 7.78. The minimum absolute atomic E-state index is 0.266. The van der Waals surface area contributed by atoms with Gasteiger partial charge in [-0.15, -0.1) is 0 Å². The van der Waals surface area contributed by atoms with Gasteiger partial charge in [-0.1, -0.05) is 40.5 Å². The third kappa shape index (κ3) is 2.34. The molecule has 1 saturated heterocycles. The maximum atomic E-state index is 6.27. The summed E-state index contributed by atoms with van der Waals surface area (Å²) in [4.78, 5) is 2.75. The molecule has 1 saturated carbocycles. The highest BCUT2D eigenvalue weighted by Gasteiger charge is 2.50. The Morgan fingerprint density at radius 1 is 0.889 bits per heavy atom. The number of rotatable bonds is 2. The van der Waals surface area contributed by atoms with E-state index in [4.69, 9.17) is 5.73 Å². The molecule has 1 aliphatic heterocycles. The number of hydrogen-bond donors (Lipinski definition) is 1. The summed E-state index contributed by atoms with van der Waals surface area (Å²) in [7, 11) is 0. The molecule has 2 heteroatoms. The number of nitrogens with zero attached hydrogens (tertiary/aromatic N) is 1. The van der Waals surface area contributed by atoms with Crippen LogP contribution in [-0.4, -0.2) is 30.1 Å². The van der Waals surface area contributed by atoms with Gasteiger partial charge in [-0.3, -0.25) is 4.90 Å². The van der Waals surface area contributed by atoms with Gasteiger partial charge in [-0.2, -0.15) is 0 Å². The predicted octanol–water partition coefficient (Wildman–Crippen LogP) is 3.41. The summed E-state index contributed by atoms with van der Waals surface area (Å²) in [6, 6.07) is 0. The Hall–Kier alpha value is -0.0800. The molecule has 0 aromatic rings. The zero-order chi connectivity index (χ0) is 13.4. The summed E-state index contributed by atoms with van der Waals surface area (Å²) in [6.07, 6.45) is 8.03. The van der Waals surface area contributed by atoms with E-state index in [1.54, 1.807) is 0 Å². The van der Waals surface area contributed by atoms with E-state index < -0.39 is 0 Å². The minimum atomic E-state index is 0.266. The maximum Gasteiger partial charge on any atom is 0.0382 e. The highest BCUT2D eigenvalue weighted by Crippen LogP contribution is 2.48. The van der Waals surface area contributed by atoms with E-state index in [2.05, 4.69) is 32.6 Å². The van der Waals surface area contributed by atoms with E-state index in [0.717, 1.165) is 6.54 Å². The second kappa shape index (κ2) is 4.79. The summed E-state index contributed by atoms with van der Waals surface area (Å²) >= 11 is 0. The van der Waals surface area contributed by atoms with Crippen LogP contribution >= 0.6 is 0 Å². The van der Waals surface area contributed by atoms with Crippen molar-refractivity contribution >= 4 is 0 Å². The molecule has 0 aromatic carbocycles. The van der Waals surface area contributed by atoms with Gasteiger partial charge in [0.15, 0.2) is 0 Å². The monoisotopic (exact) mass is 252 g/mol. The van der Waals surface area contributed by atoms with Gasteiger partial charge >= 0.3 is 0 Å². The van der Waals surface area contributed by atoms with Crippen LogP contribution in [0, 0.1) is 10.8 Å². The molecular weight excluding hydrogens is 220 g/mol. The third-order valence-corrected chi connectivity index (χ3v) is 5.96. The number of piperidine rings is 1. The first kappa shape index (κ1) is 14.3. The standard InChI is InChI=1S/C16H32N2/c1-14(2)9-11-18(12-10-14)16(13-17)8-6-5-7-15(16,3)4/h5-13,17H2,1-4H3. The van der Waals surface area contributed by atoms with E-state index in [1.807, 2.05) is 0 Å². The van der Waals surface area contributed by atoms with Crippen LogP contribution in [0.15, 0.2) is 0 Å². The lowest BCUT2D eigenvalue weighted by molar-refractivity contribution is -0.0677. The van der Waals surface area contributed by atoms with Gasteiger partial charge in [0.05, 0.1) is 0 Å². The number of hydrogen-bond acceptors (Lipinski definition) is 2. The molecule has 2 fully saturated rings. The van der Waals surface area contributed by atoms with Gasteiger partial charge in [0.2, 0.25) is 0 Å². The molecule has 2 aliphatic rings. The van der Waals surface area contributed by atoms with Crippen molar-refractivity contribution < 1.29 is 0 Å². The zero-order valence-electron chi connectivity index (χ0n) is 12.9. The van der Waals surface area contributed by atoms with Crippen molar-refractivity contribution in [2.45, 2.75) is 71.8 Å². The first-order valence-electron chi connectivity index (χ1n) is 7.78. The van der Waals surface area contributed by atoms with Gasteiger partial charge < -0.3 is 5.73 Å². The van der Waals surface area contributed by atoms with Gasteiger partial charge in [0, 0.05) is 12.1 Å². The Balaban J connectivity index is 2.17. The fourth-order valence-electron chi connectivity index (χ4n) is 4.19. The molecule has 0 bridgehead atoms. The number of nitrogens with two attached hydrogens (primary N) is 1. The van der Waals surface area contributed by atoms with Crippen LogP contribution in [-0.2, 0) is 0 Å². The van der Waals surface area contributed by atoms with Crippen LogP contribution in [0.2, 0.25) is 0 Å². The predicted molar refractivity (Wildman–Crippen MR) is 78.6 cm³/mol. The molecule has 0 spiro atoms. The molecule has 0 radical (unpaired) electrons. The molecule has 1 unspecified atom stereocenters. The second-order valence-corrected chi connectivity index (χ2v) is 7.98. The van der Waals surface area contributed by atoms with Crippen LogP contribution in [0.3, 0.4) is 0 Å². The molecule has 1 aliphatic carbocycles. The van der Waals surface area contributed by atoms with Crippen molar-refractivity contribution in [1.82, 2.24) is 4.90 Å². The zero-order valence-corrected chi connectivity index (χ0v) is 12.9. The average molecular weight is 252 g/mol. The van der Waals surface area contributed by atoms with Gasteiger partial charge in [-0.25, -0.2) is 0 Å². The van der Waals surface area contributed by atoms with Crippen LogP contribution in [0.25, 0.3) is 0 Å². The highest BCUT2D eigenvalue weighted by molar-refractivity contribution is 5.06. The third-order valence-electron chi connectivity index (χ3n) is 5.96. The summed E-state index contributed by atoms with van der Waals surface area (Å²) < 4.78 is 0. The number of likely N-dealkylation sites (tertiary alicyclic amines) is 1. The minimum Gasteiger partial charge on any atom is -0.329 e. The van der Waals surface area contributed by atoms with Crippen molar-refractivity contribution in [3.05, 3.63) is 0 Å². The van der Waals surface area contributed by atoms with Crippen LogP contribution in [0.4, 0.5) is 0 Å². The normalized spacial score (nSPS) is 36.5. The van der Waals surface area contributed by atoms with Gasteiger partial charge in [-0.05, 0) is 49.6 Å². The van der Waals surface area contributed by atoms with E-state index in [9.17, 15) is 0 Å². The maximum absolute atomic E-state index is 6.27. The molecule has 1 heterocycles. The molecule has 2 rings (SSSR count). The Morgan fingerprint density at radius 2 is 1.44 bits per heavy atom. The molecule has 18 heavy (non-hydrogen) atoms. The van der Waals surface area contributed by atoms with Crippen LogP contribution in [0.5, 0.6) is 0 Å². The van der Waals surface area contributed by atoms with Crippen molar-refractivity contribution in [2.75, 3.05) is 19.6 Å². The summed E-state index contributed by atoms with van der Waals surface area (Å²) in [5.74, 6) is 0. The quantitative estimate of drug-likeness (QED) is 0.816. The fraction of sp³-hybridized carbons (Fsp3) is 1.00. The smallest absolute Gasteiger partial charge is 0.0382 e. The lowest BCUT2D eigenvalue weighted by atomic mass is 9.61. The van der Waals surface area contributed by atoms with Crippen molar-refractivity contribution in [3.8, 4) is 0 Å². The summed E-state index contributed by atoms with van der Waals surface area (Å²) in [6.45, 7) is 13.0. The Kier molecular flexibility index (Phi) is 3.81. The largest absolute Gasteiger partial charge is 0.329 e. The molecule has 2 nitrogen and oxygen atoms in total. The van der Waals surface area contributed by atoms with E-state index in [1.165, 1.54) is 51.6 Å². The van der Waals surface area contributed by atoms with E-state index in [-0.39, 0.29) is 5.54 Å². The summed E-state index contributed by atoms with van der Waals surface area (Å²) in [5, 5.41) is 0. The fourth-order valence-corrected chi connectivity index (χ4v) is 4.19. The van der Waals surface area contributed by atoms with Crippen molar-refractivity contribution in [2.24, 2.45) is 16.6 Å². The molecule has 0 amide bonds. The summed E-state index contributed by atoms with van der Waals surface area (Å²) in [5.41, 5.74) is 7.45. The van der Waals surface area contributed by atoms with E-state index in [0.29, 0.717) is 10.8 Å². The lowest BCUT2D eigenvalue weighted by Gasteiger charge is -2.58. The van der Waals surface area contributed by atoms with Gasteiger partial charge in [0.25, 0.3) is 0 Å². The van der Waals surface area contributed by atoms with Crippen LogP contribution < -0.4 is 5.73 Å². The topological polar surface area (TPSA) is 29.3 Å². The molecule has 1 atom stereocenters. The lowest BCUT2D eigenvalue weighted by Crippen LogP contribution is -2.65. The van der Waals surface area contributed by atoms with Crippen molar-refractivity contribution in [3.63, 3.8) is 0 Å². The average Bonchev–Trinajstić information content (AvgIpc) is 2.30. The van der Waals surface area contributed by atoms with Crippen molar-refractivity contribution in [1.29, 1.82) is 0 Å². The van der Waals surface area contributed by atoms with Crippen LogP contribution in [0.1, 0.15) is 66.2 Å². The molecule has 0 aromatic heterocycles. The first-order chi connectivity index (χ1) is 8.33. The molecule has 106 valence electrons. The second-order valence-electron chi connectivity index (χ2n) is 7.98. The molecular formula is C16H32N2. The highest BCUT2D eigenvalue weighted by atomic mass is 15.2. The van der Waals surface area contributed by atoms with E-state index >= 15 is 0 Å².